The Hall–Kier alpha value is -2.61. The first kappa shape index (κ1) is 18.2. The zero-order valence-electron chi connectivity index (χ0n) is 14.9. The molecule has 1 unspecified atom stereocenters. The fraction of sp³-hybridized carbons (Fsp3) is 0.278. The molecule has 0 radical (unpaired) electrons. The Morgan fingerprint density at radius 1 is 1.31 bits per heavy atom. The Morgan fingerprint density at radius 3 is 2.73 bits per heavy atom. The number of hydrogen-bond acceptors (Lipinski definition) is 5. The number of carbonyl (C=O) groups is 1. The molecule has 0 spiro atoms. The quantitative estimate of drug-likeness (QED) is 0.685. The molecule has 1 N–H and O–H groups in total. The van der Waals surface area contributed by atoms with Crippen LogP contribution in [0.15, 0.2) is 40.1 Å². The van der Waals surface area contributed by atoms with Crippen molar-refractivity contribution in [1.29, 1.82) is 0 Å². The number of aromatic nitrogens is 3. The van der Waals surface area contributed by atoms with Crippen molar-refractivity contribution in [1.82, 2.24) is 14.8 Å². The van der Waals surface area contributed by atoms with E-state index < -0.39 is 5.25 Å². The summed E-state index contributed by atoms with van der Waals surface area (Å²) < 4.78 is 20.7. The van der Waals surface area contributed by atoms with Gasteiger partial charge in [-0.15, -0.1) is 10.2 Å². The van der Waals surface area contributed by atoms with Crippen molar-refractivity contribution in [2.24, 2.45) is 7.05 Å². The van der Waals surface area contributed by atoms with Gasteiger partial charge in [0, 0.05) is 12.7 Å². The van der Waals surface area contributed by atoms with Crippen molar-refractivity contribution in [2.75, 3.05) is 5.32 Å². The summed E-state index contributed by atoms with van der Waals surface area (Å²) in [5, 5.41) is 11.2. The number of hydrogen-bond donors (Lipinski definition) is 1. The topological polar surface area (TPSA) is 73.0 Å². The monoisotopic (exact) mass is 374 g/mol. The molecule has 0 bridgehead atoms. The van der Waals surface area contributed by atoms with E-state index in [0.29, 0.717) is 22.2 Å². The van der Waals surface area contributed by atoms with Crippen LogP contribution in [-0.4, -0.2) is 25.9 Å². The number of thioether (sulfide) groups is 1. The molecule has 3 aromatic rings. The maximum atomic E-state index is 13.6. The lowest BCUT2D eigenvalue weighted by Crippen LogP contribution is -2.23. The van der Waals surface area contributed by atoms with Crippen LogP contribution in [0.2, 0.25) is 0 Å². The first-order chi connectivity index (χ1) is 12.4. The minimum absolute atomic E-state index is 0.234. The number of carbonyl (C=O) groups excluding carboxylic acids is 1. The van der Waals surface area contributed by atoms with Crippen LogP contribution in [0.4, 0.5) is 10.1 Å². The van der Waals surface area contributed by atoms with Crippen LogP contribution < -0.4 is 5.32 Å². The van der Waals surface area contributed by atoms with Crippen molar-refractivity contribution in [3.63, 3.8) is 0 Å². The highest BCUT2D eigenvalue weighted by Gasteiger charge is 2.20. The molecule has 136 valence electrons. The van der Waals surface area contributed by atoms with Gasteiger partial charge in [0.1, 0.15) is 11.6 Å². The molecule has 3 rings (SSSR count). The Kier molecular flexibility index (Phi) is 5.13. The van der Waals surface area contributed by atoms with Crippen LogP contribution in [0.1, 0.15) is 18.2 Å². The first-order valence-corrected chi connectivity index (χ1v) is 8.92. The van der Waals surface area contributed by atoms with E-state index in [1.54, 1.807) is 32.2 Å². The smallest absolute Gasteiger partial charge is 0.237 e. The van der Waals surface area contributed by atoms with Crippen molar-refractivity contribution in [3.05, 3.63) is 47.7 Å². The van der Waals surface area contributed by atoms with Crippen molar-refractivity contribution in [3.8, 4) is 11.4 Å². The molecule has 0 saturated heterocycles. The summed E-state index contributed by atoms with van der Waals surface area (Å²) in [5.74, 6) is 0.843. The minimum atomic E-state index is -0.430. The van der Waals surface area contributed by atoms with Crippen molar-refractivity contribution >= 4 is 23.4 Å². The predicted octanol–water partition coefficient (Wildman–Crippen LogP) is 3.95. The highest BCUT2D eigenvalue weighted by atomic mass is 32.2. The summed E-state index contributed by atoms with van der Waals surface area (Å²) in [6.45, 7) is 5.29. The molecule has 2 aromatic heterocycles. The van der Waals surface area contributed by atoms with Crippen LogP contribution in [0, 0.1) is 19.7 Å². The van der Waals surface area contributed by atoms with Gasteiger partial charge in [-0.3, -0.25) is 4.79 Å². The van der Waals surface area contributed by atoms with E-state index in [1.807, 2.05) is 24.6 Å². The number of aryl methyl sites for hydroxylation is 2. The molecule has 0 aliphatic rings. The first-order valence-electron chi connectivity index (χ1n) is 8.04. The summed E-state index contributed by atoms with van der Waals surface area (Å²) in [6, 6.07) is 6.45. The maximum absolute atomic E-state index is 13.6. The largest absolute Gasteiger partial charge is 0.469 e. The lowest BCUT2D eigenvalue weighted by molar-refractivity contribution is -0.115. The molecule has 0 fully saturated rings. The maximum Gasteiger partial charge on any atom is 0.237 e. The van der Waals surface area contributed by atoms with Crippen molar-refractivity contribution < 1.29 is 13.6 Å². The van der Waals surface area contributed by atoms with E-state index in [-0.39, 0.29) is 11.7 Å². The Bertz CT molecular complexity index is 951. The number of benzene rings is 1. The highest BCUT2D eigenvalue weighted by molar-refractivity contribution is 8.00. The van der Waals surface area contributed by atoms with Gasteiger partial charge in [0.15, 0.2) is 11.0 Å². The Labute approximate surface area is 154 Å². The van der Waals surface area contributed by atoms with E-state index >= 15 is 0 Å². The van der Waals surface area contributed by atoms with Gasteiger partial charge in [-0.2, -0.15) is 0 Å². The summed E-state index contributed by atoms with van der Waals surface area (Å²) in [4.78, 5) is 12.4. The zero-order valence-corrected chi connectivity index (χ0v) is 15.7. The third kappa shape index (κ3) is 3.65. The number of nitrogens with one attached hydrogen (secondary N) is 1. The fourth-order valence-electron chi connectivity index (χ4n) is 2.40. The third-order valence-electron chi connectivity index (χ3n) is 4.03. The second-order valence-electron chi connectivity index (χ2n) is 5.97. The van der Waals surface area contributed by atoms with E-state index in [9.17, 15) is 9.18 Å². The van der Waals surface area contributed by atoms with Crippen molar-refractivity contribution in [2.45, 2.75) is 31.2 Å². The van der Waals surface area contributed by atoms with Gasteiger partial charge in [0.05, 0.1) is 17.1 Å². The second kappa shape index (κ2) is 7.33. The third-order valence-corrected chi connectivity index (χ3v) is 5.16. The number of anilines is 1. The van der Waals surface area contributed by atoms with Gasteiger partial charge in [0.2, 0.25) is 5.91 Å². The molecule has 1 amide bonds. The fourth-order valence-corrected chi connectivity index (χ4v) is 3.21. The predicted molar refractivity (Wildman–Crippen MR) is 98.5 cm³/mol. The molecule has 26 heavy (non-hydrogen) atoms. The summed E-state index contributed by atoms with van der Waals surface area (Å²) in [5.41, 5.74) is 1.82. The molecule has 8 heteroatoms. The van der Waals surface area contributed by atoms with E-state index in [0.717, 1.165) is 11.3 Å². The van der Waals surface area contributed by atoms with Gasteiger partial charge >= 0.3 is 0 Å². The van der Waals surface area contributed by atoms with Crippen LogP contribution in [0.3, 0.4) is 0 Å². The van der Waals surface area contributed by atoms with Crippen LogP contribution in [-0.2, 0) is 11.8 Å². The lowest BCUT2D eigenvalue weighted by Gasteiger charge is -2.12. The number of halogens is 1. The Balaban J connectivity index is 1.70. The van der Waals surface area contributed by atoms with Crippen LogP contribution in [0.5, 0.6) is 0 Å². The molecular formula is C18H19FN4O2S. The van der Waals surface area contributed by atoms with E-state index in [4.69, 9.17) is 4.42 Å². The SMILES string of the molecule is Cc1ccc(NC(=O)C(C)Sc2nnc(-c3ccoc3C)n2C)cc1F. The zero-order chi connectivity index (χ0) is 18.8. The summed E-state index contributed by atoms with van der Waals surface area (Å²) in [7, 11) is 1.84. The average Bonchev–Trinajstić information content (AvgIpc) is 3.17. The molecule has 1 aromatic carbocycles. The van der Waals surface area contributed by atoms with Gasteiger partial charge < -0.3 is 14.3 Å². The number of rotatable bonds is 5. The normalized spacial score (nSPS) is 12.2. The number of furan rings is 1. The molecule has 1 atom stereocenters. The minimum Gasteiger partial charge on any atom is -0.469 e. The number of nitrogens with zero attached hydrogens (tertiary/aromatic N) is 3. The summed E-state index contributed by atoms with van der Waals surface area (Å²) >= 11 is 1.28. The van der Waals surface area contributed by atoms with Crippen LogP contribution >= 0.6 is 11.8 Å². The Morgan fingerprint density at radius 2 is 2.08 bits per heavy atom. The van der Waals surface area contributed by atoms with Gasteiger partial charge in [-0.25, -0.2) is 4.39 Å². The molecule has 0 aliphatic heterocycles. The molecule has 2 heterocycles. The standard InChI is InChI=1S/C18H19FN4O2S/c1-10-5-6-13(9-15(10)19)20-17(24)12(3)26-18-22-21-16(23(18)4)14-7-8-25-11(14)2/h5-9,12H,1-4H3,(H,20,24). The molecule has 0 saturated carbocycles. The average molecular weight is 374 g/mol. The van der Waals surface area contributed by atoms with Gasteiger partial charge in [-0.1, -0.05) is 17.8 Å². The molecular weight excluding hydrogens is 355 g/mol. The van der Waals surface area contributed by atoms with E-state index in [2.05, 4.69) is 15.5 Å². The van der Waals surface area contributed by atoms with Gasteiger partial charge in [-0.05, 0) is 44.5 Å². The van der Waals surface area contributed by atoms with Gasteiger partial charge in [0.25, 0.3) is 0 Å². The lowest BCUT2D eigenvalue weighted by atomic mass is 10.2. The van der Waals surface area contributed by atoms with E-state index in [1.165, 1.54) is 17.8 Å². The molecule has 0 aliphatic carbocycles. The second-order valence-corrected chi connectivity index (χ2v) is 7.28. The number of amides is 1. The summed E-state index contributed by atoms with van der Waals surface area (Å²) in [6.07, 6.45) is 1.60. The van der Waals surface area contributed by atoms with Crippen LogP contribution in [0.25, 0.3) is 11.4 Å². The molecule has 6 nitrogen and oxygen atoms in total. The highest BCUT2D eigenvalue weighted by Crippen LogP contribution is 2.28.